The van der Waals surface area contributed by atoms with Crippen molar-refractivity contribution in [3.63, 3.8) is 0 Å². The highest BCUT2D eigenvalue weighted by Crippen LogP contribution is 2.27. The van der Waals surface area contributed by atoms with Gasteiger partial charge in [-0.25, -0.2) is 8.42 Å². The third-order valence-electron chi connectivity index (χ3n) is 8.30. The van der Waals surface area contributed by atoms with Crippen LogP contribution in [0.2, 0.25) is 0 Å². The smallest absolute Gasteiger partial charge is 0.323 e. The van der Waals surface area contributed by atoms with Gasteiger partial charge in [0, 0.05) is 12.5 Å². The van der Waals surface area contributed by atoms with Gasteiger partial charge in [0.05, 0.1) is 11.4 Å². The molecular formula is C29H49Cl2N5O6S. The van der Waals surface area contributed by atoms with Crippen LogP contribution >= 0.6 is 24.8 Å². The SMILES string of the molecule is CCc1ccccc1S(=O)(=O)NC(CNC(=O)CNC(=O)C(CCC1CCNCC1)CCC1CCNCC1)C(=O)O.Cl.Cl. The van der Waals surface area contributed by atoms with Crippen LogP contribution in [0.5, 0.6) is 0 Å². The summed E-state index contributed by atoms with van der Waals surface area (Å²) in [5, 5.41) is 21.5. The van der Waals surface area contributed by atoms with E-state index in [9.17, 15) is 27.9 Å². The van der Waals surface area contributed by atoms with Crippen LogP contribution in [-0.4, -0.2) is 76.6 Å². The molecule has 1 aromatic rings. The second kappa shape index (κ2) is 20.1. The zero-order chi connectivity index (χ0) is 29.7. The molecule has 0 spiro atoms. The number of piperidine rings is 2. The molecule has 43 heavy (non-hydrogen) atoms. The second-order valence-electron chi connectivity index (χ2n) is 11.2. The Labute approximate surface area is 268 Å². The Morgan fingerprint density at radius 1 is 0.907 bits per heavy atom. The number of hydrogen-bond acceptors (Lipinski definition) is 7. The van der Waals surface area contributed by atoms with Gasteiger partial charge in [-0.2, -0.15) is 4.72 Å². The van der Waals surface area contributed by atoms with Gasteiger partial charge in [-0.15, -0.1) is 24.8 Å². The van der Waals surface area contributed by atoms with Crippen LogP contribution in [0.1, 0.15) is 63.9 Å². The van der Waals surface area contributed by atoms with Crippen LogP contribution in [-0.2, 0) is 30.8 Å². The van der Waals surface area contributed by atoms with E-state index in [-0.39, 0.29) is 48.1 Å². The first kappa shape index (κ1) is 39.1. The van der Waals surface area contributed by atoms with Gasteiger partial charge in [-0.05, 0) is 107 Å². The first-order valence-corrected chi connectivity index (χ1v) is 16.5. The Kier molecular flexibility index (Phi) is 18.3. The summed E-state index contributed by atoms with van der Waals surface area (Å²) in [5.74, 6) is -1.11. The molecule has 3 rings (SSSR count). The third-order valence-corrected chi connectivity index (χ3v) is 9.87. The van der Waals surface area contributed by atoms with Crippen LogP contribution in [0.3, 0.4) is 0 Å². The van der Waals surface area contributed by atoms with Gasteiger partial charge in [0.1, 0.15) is 6.04 Å². The molecule has 0 saturated carbocycles. The summed E-state index contributed by atoms with van der Waals surface area (Å²) in [6.07, 6.45) is 8.46. The Balaban J connectivity index is 0.00000462. The first-order chi connectivity index (χ1) is 19.7. The quantitative estimate of drug-likeness (QED) is 0.156. The fourth-order valence-electron chi connectivity index (χ4n) is 5.70. The van der Waals surface area contributed by atoms with Crippen LogP contribution in [0.4, 0.5) is 0 Å². The molecule has 0 bridgehead atoms. The number of carboxylic acid groups (broad SMARTS) is 1. The number of carbonyl (C=O) groups is 3. The lowest BCUT2D eigenvalue weighted by Gasteiger charge is -2.27. The first-order valence-electron chi connectivity index (χ1n) is 15.0. The Morgan fingerprint density at radius 2 is 1.44 bits per heavy atom. The molecule has 2 amide bonds. The van der Waals surface area contributed by atoms with E-state index in [1.165, 1.54) is 6.07 Å². The van der Waals surface area contributed by atoms with Crippen molar-refractivity contribution in [1.29, 1.82) is 0 Å². The fourth-order valence-corrected chi connectivity index (χ4v) is 7.20. The monoisotopic (exact) mass is 665 g/mol. The summed E-state index contributed by atoms with van der Waals surface area (Å²) in [4.78, 5) is 37.5. The lowest BCUT2D eigenvalue weighted by atomic mass is 9.84. The number of benzene rings is 1. The van der Waals surface area contributed by atoms with Gasteiger partial charge in [0.15, 0.2) is 0 Å². The average Bonchev–Trinajstić information content (AvgIpc) is 2.98. The summed E-state index contributed by atoms with van der Waals surface area (Å²) in [6, 6.07) is 4.81. The number of amides is 2. The van der Waals surface area contributed by atoms with E-state index in [1.807, 2.05) is 6.92 Å². The number of hydrogen-bond donors (Lipinski definition) is 6. The van der Waals surface area contributed by atoms with Gasteiger partial charge in [-0.3, -0.25) is 14.4 Å². The normalized spacial score (nSPS) is 16.9. The molecular weight excluding hydrogens is 617 g/mol. The number of halogens is 2. The van der Waals surface area contributed by atoms with E-state index in [2.05, 4.69) is 26.0 Å². The van der Waals surface area contributed by atoms with Crippen LogP contribution < -0.4 is 26.0 Å². The number of nitrogens with one attached hydrogen (secondary N) is 5. The molecule has 1 unspecified atom stereocenters. The van der Waals surface area contributed by atoms with Crippen LogP contribution in [0.25, 0.3) is 0 Å². The Hall–Kier alpha value is -1.96. The Morgan fingerprint density at radius 3 is 1.95 bits per heavy atom. The number of aryl methyl sites for hydroxylation is 1. The largest absolute Gasteiger partial charge is 0.480 e. The van der Waals surface area contributed by atoms with Gasteiger partial charge in [0.25, 0.3) is 0 Å². The Bertz CT molecular complexity index is 1090. The van der Waals surface area contributed by atoms with Crippen molar-refractivity contribution in [3.05, 3.63) is 29.8 Å². The predicted molar refractivity (Wildman–Crippen MR) is 171 cm³/mol. The van der Waals surface area contributed by atoms with E-state index in [4.69, 9.17) is 0 Å². The standard InChI is InChI=1S/C29H47N5O6S.2ClH/c1-2-23-5-3-4-6-26(23)41(39,40)34-25(29(37)38)19-32-27(35)20-33-28(36)24(9-7-21-11-15-30-16-12-21)10-8-22-13-17-31-18-14-22;;/h3-6,21-22,24-25,30-31,34H,2,7-20H2,1H3,(H,32,35)(H,33,36)(H,37,38);2*1H. The number of aliphatic carboxylic acids is 1. The summed E-state index contributed by atoms with van der Waals surface area (Å²) in [6.45, 7) is 5.10. The van der Waals surface area contributed by atoms with Crippen molar-refractivity contribution in [2.75, 3.05) is 39.3 Å². The van der Waals surface area contributed by atoms with Crippen molar-refractivity contribution in [2.45, 2.75) is 75.6 Å². The van der Waals surface area contributed by atoms with E-state index in [0.717, 1.165) is 77.5 Å². The number of carbonyl (C=O) groups excluding carboxylic acids is 2. The zero-order valence-corrected chi connectivity index (χ0v) is 27.4. The van der Waals surface area contributed by atoms with E-state index >= 15 is 0 Å². The minimum absolute atomic E-state index is 0. The van der Waals surface area contributed by atoms with Crippen LogP contribution in [0, 0.1) is 17.8 Å². The molecule has 2 saturated heterocycles. The predicted octanol–water partition coefficient (Wildman–Crippen LogP) is 2.23. The highest BCUT2D eigenvalue weighted by atomic mass is 35.5. The van der Waals surface area contributed by atoms with E-state index in [0.29, 0.717) is 23.8 Å². The summed E-state index contributed by atoms with van der Waals surface area (Å²) < 4.78 is 27.9. The summed E-state index contributed by atoms with van der Waals surface area (Å²) in [5.41, 5.74) is 0.561. The maximum Gasteiger partial charge on any atom is 0.323 e. The highest BCUT2D eigenvalue weighted by Gasteiger charge is 2.28. The van der Waals surface area contributed by atoms with Crippen molar-refractivity contribution in [1.82, 2.24) is 26.0 Å². The van der Waals surface area contributed by atoms with E-state index < -0.39 is 34.5 Å². The molecule has 0 radical (unpaired) electrons. The van der Waals surface area contributed by atoms with Gasteiger partial charge >= 0.3 is 5.97 Å². The molecule has 1 atom stereocenters. The molecule has 1 aromatic carbocycles. The molecule has 0 aliphatic carbocycles. The topological polar surface area (TPSA) is 166 Å². The molecule has 6 N–H and O–H groups in total. The van der Waals surface area contributed by atoms with Crippen molar-refractivity contribution >= 4 is 52.6 Å². The highest BCUT2D eigenvalue weighted by molar-refractivity contribution is 7.89. The van der Waals surface area contributed by atoms with Crippen molar-refractivity contribution in [3.8, 4) is 0 Å². The minimum Gasteiger partial charge on any atom is -0.480 e. The molecule has 2 aliphatic rings. The van der Waals surface area contributed by atoms with Gasteiger partial charge in [-0.1, -0.05) is 25.1 Å². The molecule has 2 aliphatic heterocycles. The number of carboxylic acids is 1. The number of sulfonamides is 1. The zero-order valence-electron chi connectivity index (χ0n) is 24.9. The van der Waals surface area contributed by atoms with Crippen LogP contribution in [0.15, 0.2) is 29.2 Å². The second-order valence-corrected chi connectivity index (χ2v) is 12.9. The molecule has 2 heterocycles. The maximum atomic E-state index is 13.1. The molecule has 0 aromatic heterocycles. The lowest BCUT2D eigenvalue weighted by Crippen LogP contribution is -2.50. The summed E-state index contributed by atoms with van der Waals surface area (Å²) in [7, 11) is -4.12. The molecule has 246 valence electrons. The average molecular weight is 667 g/mol. The van der Waals surface area contributed by atoms with Crippen molar-refractivity contribution in [2.24, 2.45) is 17.8 Å². The molecule has 2 fully saturated rings. The fraction of sp³-hybridized carbons (Fsp3) is 0.690. The van der Waals surface area contributed by atoms with Crippen molar-refractivity contribution < 1.29 is 27.9 Å². The minimum atomic E-state index is -4.12. The number of rotatable bonds is 16. The lowest BCUT2D eigenvalue weighted by molar-refractivity contribution is -0.139. The third kappa shape index (κ3) is 13.3. The molecule has 14 heteroatoms. The van der Waals surface area contributed by atoms with E-state index in [1.54, 1.807) is 18.2 Å². The maximum absolute atomic E-state index is 13.1. The van der Waals surface area contributed by atoms with Gasteiger partial charge in [0.2, 0.25) is 21.8 Å². The molecule has 11 nitrogen and oxygen atoms in total. The van der Waals surface area contributed by atoms with Gasteiger partial charge < -0.3 is 26.4 Å². The summed E-state index contributed by atoms with van der Waals surface area (Å²) >= 11 is 0.